The number of nitrogens with one attached hydrogen (secondary N) is 2. The minimum atomic E-state index is -0.526. The quantitative estimate of drug-likeness (QED) is 0.700. The highest BCUT2D eigenvalue weighted by atomic mass is 16.5. The lowest BCUT2D eigenvalue weighted by Gasteiger charge is -2.28. The van der Waals surface area contributed by atoms with Gasteiger partial charge in [-0.1, -0.05) is 6.92 Å². The topological polar surface area (TPSA) is 111 Å². The Morgan fingerprint density at radius 2 is 2.05 bits per heavy atom. The second kappa shape index (κ2) is 6.93. The van der Waals surface area contributed by atoms with Crippen LogP contribution in [-0.4, -0.2) is 36.9 Å². The summed E-state index contributed by atoms with van der Waals surface area (Å²) in [6.45, 7) is 2.36. The lowest BCUT2D eigenvalue weighted by molar-refractivity contribution is -0.132. The van der Waals surface area contributed by atoms with E-state index in [4.69, 9.17) is 10.5 Å². The first kappa shape index (κ1) is 15.8. The van der Waals surface area contributed by atoms with E-state index in [-0.39, 0.29) is 24.3 Å². The summed E-state index contributed by atoms with van der Waals surface area (Å²) in [7, 11) is 0. The minimum absolute atomic E-state index is 0.0903. The van der Waals surface area contributed by atoms with Crippen molar-refractivity contribution >= 4 is 17.7 Å². The Balaban J connectivity index is 1.84. The zero-order valence-corrected chi connectivity index (χ0v) is 12.3. The van der Waals surface area contributed by atoms with Crippen LogP contribution < -0.4 is 21.1 Å². The average molecular weight is 305 g/mol. The van der Waals surface area contributed by atoms with E-state index in [0.29, 0.717) is 17.9 Å². The van der Waals surface area contributed by atoms with Gasteiger partial charge in [0, 0.05) is 12.1 Å². The average Bonchev–Trinajstić information content (AvgIpc) is 2.49. The van der Waals surface area contributed by atoms with Crippen LogP contribution >= 0.6 is 0 Å². The molecule has 1 saturated heterocycles. The summed E-state index contributed by atoms with van der Waals surface area (Å²) in [5, 5.41) is 5.39. The number of benzene rings is 1. The molecule has 0 saturated carbocycles. The number of hydrogen-bond acceptors (Lipinski definition) is 4. The van der Waals surface area contributed by atoms with E-state index in [1.165, 1.54) is 12.1 Å². The smallest absolute Gasteiger partial charge is 0.258 e. The van der Waals surface area contributed by atoms with Gasteiger partial charge in [-0.05, 0) is 36.6 Å². The van der Waals surface area contributed by atoms with E-state index in [1.807, 2.05) is 6.92 Å². The number of hydrogen-bond donors (Lipinski definition) is 3. The molecule has 1 aliphatic heterocycles. The zero-order chi connectivity index (χ0) is 16.1. The number of primary amides is 1. The summed E-state index contributed by atoms with van der Waals surface area (Å²) < 4.78 is 5.32. The first-order chi connectivity index (χ1) is 10.5. The molecule has 0 spiro atoms. The second-order valence-electron chi connectivity index (χ2n) is 5.28. The van der Waals surface area contributed by atoms with Gasteiger partial charge in [0.2, 0.25) is 11.8 Å². The summed E-state index contributed by atoms with van der Waals surface area (Å²) in [4.78, 5) is 34.5. The Labute approximate surface area is 128 Å². The number of amides is 3. The molecule has 1 aliphatic rings. The van der Waals surface area contributed by atoms with Crippen LogP contribution in [0.5, 0.6) is 5.75 Å². The van der Waals surface area contributed by atoms with E-state index in [0.717, 1.165) is 6.42 Å². The molecular formula is C15H19N3O4. The van der Waals surface area contributed by atoms with E-state index in [1.54, 1.807) is 12.1 Å². The molecule has 0 radical (unpaired) electrons. The number of carbonyl (C=O) groups excluding carboxylic acids is 3. The van der Waals surface area contributed by atoms with Crippen LogP contribution in [0, 0.1) is 5.92 Å². The van der Waals surface area contributed by atoms with Crippen molar-refractivity contribution in [2.24, 2.45) is 11.7 Å². The van der Waals surface area contributed by atoms with E-state index in [9.17, 15) is 14.4 Å². The number of ether oxygens (including phenoxy) is 1. The fourth-order valence-electron chi connectivity index (χ4n) is 2.25. The van der Waals surface area contributed by atoms with Crippen LogP contribution in [0.25, 0.3) is 0 Å². The molecule has 0 aromatic heterocycles. The van der Waals surface area contributed by atoms with Gasteiger partial charge >= 0.3 is 0 Å². The molecular weight excluding hydrogens is 286 g/mol. The van der Waals surface area contributed by atoms with Gasteiger partial charge in [0.05, 0.1) is 0 Å². The molecule has 22 heavy (non-hydrogen) atoms. The highest BCUT2D eigenvalue weighted by Gasteiger charge is 2.29. The van der Waals surface area contributed by atoms with Gasteiger partial charge in [-0.2, -0.15) is 0 Å². The van der Waals surface area contributed by atoms with Crippen molar-refractivity contribution in [3.8, 4) is 5.75 Å². The molecule has 4 N–H and O–H groups in total. The van der Waals surface area contributed by atoms with Crippen molar-refractivity contribution in [3.63, 3.8) is 0 Å². The summed E-state index contributed by atoms with van der Waals surface area (Å²) in [6.07, 6.45) is 0.826. The van der Waals surface area contributed by atoms with Crippen LogP contribution in [-0.2, 0) is 9.59 Å². The Morgan fingerprint density at radius 1 is 1.36 bits per heavy atom. The van der Waals surface area contributed by atoms with Crippen LogP contribution in [0.3, 0.4) is 0 Å². The van der Waals surface area contributed by atoms with Gasteiger partial charge in [-0.3, -0.25) is 14.4 Å². The molecule has 7 heteroatoms. The molecule has 2 rings (SSSR count). The molecule has 0 aliphatic carbocycles. The molecule has 1 aromatic rings. The molecule has 1 fully saturated rings. The first-order valence-electron chi connectivity index (χ1n) is 7.07. The molecule has 2 unspecified atom stereocenters. The molecule has 7 nitrogen and oxygen atoms in total. The Morgan fingerprint density at radius 3 is 2.64 bits per heavy atom. The van der Waals surface area contributed by atoms with E-state index < -0.39 is 11.9 Å². The number of nitrogens with two attached hydrogens (primary N) is 1. The standard InChI is InChI=1S/C15H19N3O4/c1-9-6-7-17-15(21)13(9)18-12(19)8-22-11-4-2-10(3-5-11)14(16)20/h2-5,9,13H,6-8H2,1H3,(H2,16,20)(H,17,21)(H,18,19). The van der Waals surface area contributed by atoms with E-state index >= 15 is 0 Å². The molecule has 3 amide bonds. The Bertz CT molecular complexity index is 571. The molecule has 1 aromatic carbocycles. The normalized spacial score (nSPS) is 20.9. The maximum absolute atomic E-state index is 11.9. The van der Waals surface area contributed by atoms with Crippen LogP contribution in [0.4, 0.5) is 0 Å². The van der Waals surface area contributed by atoms with Gasteiger partial charge in [0.25, 0.3) is 5.91 Å². The van der Waals surface area contributed by atoms with Crippen molar-refractivity contribution < 1.29 is 19.1 Å². The fraction of sp³-hybridized carbons (Fsp3) is 0.400. The molecule has 0 bridgehead atoms. The van der Waals surface area contributed by atoms with Gasteiger partial charge < -0.3 is 21.1 Å². The molecule has 2 atom stereocenters. The van der Waals surface area contributed by atoms with Crippen molar-refractivity contribution in [1.29, 1.82) is 0 Å². The Kier molecular flexibility index (Phi) is 4.98. The lowest BCUT2D eigenvalue weighted by atomic mass is 9.94. The van der Waals surface area contributed by atoms with Crippen LogP contribution in [0.2, 0.25) is 0 Å². The van der Waals surface area contributed by atoms with Crippen molar-refractivity contribution in [3.05, 3.63) is 29.8 Å². The van der Waals surface area contributed by atoms with Crippen molar-refractivity contribution in [2.75, 3.05) is 13.2 Å². The van der Waals surface area contributed by atoms with Crippen LogP contribution in [0.1, 0.15) is 23.7 Å². The lowest BCUT2D eigenvalue weighted by Crippen LogP contribution is -2.55. The highest BCUT2D eigenvalue weighted by Crippen LogP contribution is 2.13. The molecule has 118 valence electrons. The Hall–Kier alpha value is -2.57. The number of carbonyl (C=O) groups is 3. The van der Waals surface area contributed by atoms with Gasteiger partial charge in [0.1, 0.15) is 11.8 Å². The monoisotopic (exact) mass is 305 g/mol. The summed E-state index contributed by atoms with van der Waals surface area (Å²) in [5.41, 5.74) is 5.50. The highest BCUT2D eigenvalue weighted by molar-refractivity contribution is 5.92. The summed E-state index contributed by atoms with van der Waals surface area (Å²) >= 11 is 0. The minimum Gasteiger partial charge on any atom is -0.484 e. The number of piperidine rings is 1. The first-order valence-corrected chi connectivity index (χ1v) is 7.07. The van der Waals surface area contributed by atoms with Crippen molar-refractivity contribution in [1.82, 2.24) is 10.6 Å². The predicted octanol–water partition coefficient (Wildman–Crippen LogP) is -0.195. The third-order valence-corrected chi connectivity index (χ3v) is 3.58. The third-order valence-electron chi connectivity index (χ3n) is 3.58. The maximum Gasteiger partial charge on any atom is 0.258 e. The van der Waals surface area contributed by atoms with Gasteiger partial charge in [-0.15, -0.1) is 0 Å². The van der Waals surface area contributed by atoms with E-state index in [2.05, 4.69) is 10.6 Å². The molecule has 1 heterocycles. The summed E-state index contributed by atoms with van der Waals surface area (Å²) in [6, 6.07) is 5.63. The van der Waals surface area contributed by atoms with Gasteiger partial charge in [-0.25, -0.2) is 0 Å². The predicted molar refractivity (Wildman–Crippen MR) is 79.2 cm³/mol. The largest absolute Gasteiger partial charge is 0.484 e. The third kappa shape index (κ3) is 3.97. The fourth-order valence-corrected chi connectivity index (χ4v) is 2.25. The second-order valence-corrected chi connectivity index (χ2v) is 5.28. The van der Waals surface area contributed by atoms with Crippen LogP contribution in [0.15, 0.2) is 24.3 Å². The van der Waals surface area contributed by atoms with Crippen molar-refractivity contribution in [2.45, 2.75) is 19.4 Å². The maximum atomic E-state index is 11.9. The summed E-state index contributed by atoms with van der Waals surface area (Å²) in [5.74, 6) is -0.527. The SMILES string of the molecule is CC1CCNC(=O)C1NC(=O)COc1ccc(C(N)=O)cc1. The zero-order valence-electron chi connectivity index (χ0n) is 12.3. The number of rotatable bonds is 5. The van der Waals surface area contributed by atoms with Gasteiger partial charge in [0.15, 0.2) is 6.61 Å².